The molecule has 2 aromatic rings. The Bertz CT molecular complexity index is 1100. The fourth-order valence-electron chi connectivity index (χ4n) is 4.07. The van der Waals surface area contributed by atoms with Gasteiger partial charge < -0.3 is 19.3 Å². The maximum atomic E-state index is 12.9. The van der Waals surface area contributed by atoms with Crippen molar-refractivity contribution in [2.75, 3.05) is 44.1 Å². The molecule has 0 saturated carbocycles. The van der Waals surface area contributed by atoms with Gasteiger partial charge in [0, 0.05) is 44.0 Å². The lowest BCUT2D eigenvalue weighted by Gasteiger charge is -2.35. The van der Waals surface area contributed by atoms with Crippen LogP contribution in [0.2, 0.25) is 0 Å². The van der Waals surface area contributed by atoms with Gasteiger partial charge in [0.2, 0.25) is 0 Å². The van der Waals surface area contributed by atoms with E-state index in [0.29, 0.717) is 56.4 Å². The van der Waals surface area contributed by atoms with E-state index in [-0.39, 0.29) is 22.8 Å². The Labute approximate surface area is 199 Å². The van der Waals surface area contributed by atoms with Gasteiger partial charge in [0.15, 0.2) is 0 Å². The summed E-state index contributed by atoms with van der Waals surface area (Å²) in [6, 6.07) is 12.5. The van der Waals surface area contributed by atoms with Gasteiger partial charge in [-0.2, -0.15) is 0 Å². The molecule has 0 aliphatic carbocycles. The number of piperazine rings is 1. The van der Waals surface area contributed by atoms with Gasteiger partial charge in [0.05, 0.1) is 11.5 Å². The van der Waals surface area contributed by atoms with Crippen LogP contribution >= 0.6 is 0 Å². The van der Waals surface area contributed by atoms with Crippen molar-refractivity contribution < 1.29 is 27.5 Å². The summed E-state index contributed by atoms with van der Waals surface area (Å²) in [7, 11) is -3.77. The first-order valence-corrected chi connectivity index (χ1v) is 12.9. The average Bonchev–Trinajstić information content (AvgIpc) is 3.39. The Morgan fingerprint density at radius 1 is 1.00 bits per heavy atom. The number of carbonyl (C=O) groups is 2. The fraction of sp³-hybridized carbons (Fsp3) is 0.417. The Hall–Kier alpha value is -3.11. The number of ether oxygens (including phenoxy) is 2. The Balaban J connectivity index is 1.33. The van der Waals surface area contributed by atoms with Crippen molar-refractivity contribution >= 4 is 27.5 Å². The minimum Gasteiger partial charge on any atom is -0.494 e. The van der Waals surface area contributed by atoms with Crippen molar-refractivity contribution in [2.24, 2.45) is 0 Å². The maximum absolute atomic E-state index is 12.9. The van der Waals surface area contributed by atoms with Crippen LogP contribution in [0.15, 0.2) is 53.4 Å². The van der Waals surface area contributed by atoms with Gasteiger partial charge in [0.25, 0.3) is 21.8 Å². The normalized spacial score (nSPS) is 18.6. The summed E-state index contributed by atoms with van der Waals surface area (Å²) in [5, 5.41) is 0. The third-order valence-corrected chi connectivity index (χ3v) is 7.31. The molecule has 182 valence electrons. The molecule has 34 heavy (non-hydrogen) atoms. The molecule has 0 radical (unpaired) electrons. The lowest BCUT2D eigenvalue weighted by molar-refractivity contribution is -0.142. The second-order valence-electron chi connectivity index (χ2n) is 8.21. The molecule has 9 nitrogen and oxygen atoms in total. The lowest BCUT2D eigenvalue weighted by Crippen LogP contribution is -2.52. The highest BCUT2D eigenvalue weighted by atomic mass is 32.2. The summed E-state index contributed by atoms with van der Waals surface area (Å²) >= 11 is 0. The van der Waals surface area contributed by atoms with E-state index in [9.17, 15) is 18.0 Å². The van der Waals surface area contributed by atoms with Gasteiger partial charge in [0.1, 0.15) is 11.9 Å². The Morgan fingerprint density at radius 2 is 1.65 bits per heavy atom. The largest absolute Gasteiger partial charge is 0.494 e. The van der Waals surface area contributed by atoms with Crippen molar-refractivity contribution in [3.63, 3.8) is 0 Å². The zero-order valence-electron chi connectivity index (χ0n) is 19.1. The third-order valence-electron chi connectivity index (χ3n) is 5.91. The lowest BCUT2D eigenvalue weighted by atomic mass is 10.1. The number of nitrogens with one attached hydrogen (secondary N) is 1. The predicted octanol–water partition coefficient (Wildman–Crippen LogP) is 2.35. The monoisotopic (exact) mass is 487 g/mol. The molecule has 1 unspecified atom stereocenters. The highest BCUT2D eigenvalue weighted by molar-refractivity contribution is 7.92. The SMILES string of the molecule is CCOc1ccc(S(=O)(=O)Nc2ccc(C(=O)N3CCN(C(=O)C4CCCO4)CC3)cc2)cc1. The zero-order valence-corrected chi connectivity index (χ0v) is 19.9. The van der Waals surface area contributed by atoms with Crippen LogP contribution in [0, 0.1) is 0 Å². The molecule has 1 N–H and O–H groups in total. The second-order valence-corrected chi connectivity index (χ2v) is 9.89. The van der Waals surface area contributed by atoms with Crippen molar-refractivity contribution in [1.82, 2.24) is 9.80 Å². The molecule has 2 aliphatic heterocycles. The summed E-state index contributed by atoms with van der Waals surface area (Å²) in [6.45, 7) is 4.83. The zero-order chi connectivity index (χ0) is 24.1. The van der Waals surface area contributed by atoms with E-state index < -0.39 is 10.0 Å². The van der Waals surface area contributed by atoms with Crippen LogP contribution in [0.3, 0.4) is 0 Å². The molecule has 2 amide bonds. The van der Waals surface area contributed by atoms with E-state index >= 15 is 0 Å². The van der Waals surface area contributed by atoms with Crippen LogP contribution in [0.25, 0.3) is 0 Å². The number of anilines is 1. The van der Waals surface area contributed by atoms with Crippen LogP contribution < -0.4 is 9.46 Å². The van der Waals surface area contributed by atoms with Gasteiger partial charge in [-0.25, -0.2) is 8.42 Å². The summed E-state index contributed by atoms with van der Waals surface area (Å²) in [5.74, 6) is 0.459. The number of nitrogens with zero attached hydrogens (tertiary/aromatic N) is 2. The summed E-state index contributed by atoms with van der Waals surface area (Å²) in [4.78, 5) is 29.0. The van der Waals surface area contributed by atoms with E-state index in [2.05, 4.69) is 4.72 Å². The molecular weight excluding hydrogens is 458 g/mol. The number of carbonyl (C=O) groups excluding carboxylic acids is 2. The minimum absolute atomic E-state index is 0.00812. The smallest absolute Gasteiger partial charge is 0.261 e. The van der Waals surface area contributed by atoms with Crippen LogP contribution in [0.5, 0.6) is 5.75 Å². The molecule has 0 aromatic heterocycles. The van der Waals surface area contributed by atoms with E-state index in [1.165, 1.54) is 12.1 Å². The van der Waals surface area contributed by atoms with Crippen molar-refractivity contribution in [3.8, 4) is 5.75 Å². The molecule has 4 rings (SSSR count). The molecule has 1 atom stereocenters. The predicted molar refractivity (Wildman–Crippen MR) is 126 cm³/mol. The molecule has 2 aromatic carbocycles. The highest BCUT2D eigenvalue weighted by Gasteiger charge is 2.31. The van der Waals surface area contributed by atoms with Crippen LogP contribution in [0.1, 0.15) is 30.1 Å². The molecule has 2 aliphatic rings. The first kappa shape index (κ1) is 24.0. The quantitative estimate of drug-likeness (QED) is 0.643. The van der Waals surface area contributed by atoms with Crippen molar-refractivity contribution in [2.45, 2.75) is 30.8 Å². The maximum Gasteiger partial charge on any atom is 0.261 e. The van der Waals surface area contributed by atoms with Crippen LogP contribution in [-0.4, -0.2) is 75.5 Å². The molecule has 2 heterocycles. The van der Waals surface area contributed by atoms with Gasteiger partial charge in [-0.3, -0.25) is 14.3 Å². The Kier molecular flexibility index (Phi) is 7.38. The summed E-state index contributed by atoms with van der Waals surface area (Å²) in [6.07, 6.45) is 1.31. The number of rotatable bonds is 7. The number of benzene rings is 2. The topological polar surface area (TPSA) is 105 Å². The van der Waals surface area contributed by atoms with Gasteiger partial charge in [-0.1, -0.05) is 0 Å². The fourth-order valence-corrected chi connectivity index (χ4v) is 5.12. The standard InChI is InChI=1S/C24H29N3O6S/c1-2-32-20-9-11-21(12-10-20)34(30,31)25-19-7-5-18(6-8-19)23(28)26-13-15-27(16-14-26)24(29)22-4-3-17-33-22/h5-12,22,25H,2-4,13-17H2,1H3. The summed E-state index contributed by atoms with van der Waals surface area (Å²) in [5.41, 5.74) is 0.820. The number of amides is 2. The van der Waals surface area contributed by atoms with Crippen LogP contribution in [0.4, 0.5) is 5.69 Å². The van der Waals surface area contributed by atoms with Gasteiger partial charge in [-0.15, -0.1) is 0 Å². The number of sulfonamides is 1. The van der Waals surface area contributed by atoms with E-state index in [1.807, 2.05) is 6.92 Å². The molecule has 2 fully saturated rings. The molecule has 0 bridgehead atoms. The van der Waals surface area contributed by atoms with Gasteiger partial charge in [-0.05, 0) is 68.3 Å². The van der Waals surface area contributed by atoms with E-state index in [4.69, 9.17) is 9.47 Å². The van der Waals surface area contributed by atoms with E-state index in [0.717, 1.165) is 12.8 Å². The minimum atomic E-state index is -3.77. The van der Waals surface area contributed by atoms with Crippen molar-refractivity contribution in [1.29, 1.82) is 0 Å². The first-order chi connectivity index (χ1) is 16.4. The third kappa shape index (κ3) is 5.51. The molecular formula is C24H29N3O6S. The highest BCUT2D eigenvalue weighted by Crippen LogP contribution is 2.21. The van der Waals surface area contributed by atoms with Crippen LogP contribution in [-0.2, 0) is 19.6 Å². The first-order valence-electron chi connectivity index (χ1n) is 11.4. The number of hydrogen-bond acceptors (Lipinski definition) is 6. The second kappa shape index (κ2) is 10.4. The van der Waals surface area contributed by atoms with Gasteiger partial charge >= 0.3 is 0 Å². The van der Waals surface area contributed by atoms with E-state index in [1.54, 1.807) is 46.2 Å². The number of hydrogen-bond donors (Lipinski definition) is 1. The molecule has 10 heteroatoms. The average molecular weight is 488 g/mol. The molecule has 0 spiro atoms. The Morgan fingerprint density at radius 3 is 2.24 bits per heavy atom. The summed E-state index contributed by atoms with van der Waals surface area (Å²) < 4.78 is 38.6. The van der Waals surface area contributed by atoms with Crippen molar-refractivity contribution in [3.05, 3.63) is 54.1 Å². The molecule has 2 saturated heterocycles.